The highest BCUT2D eigenvalue weighted by Crippen LogP contribution is 1.99. The van der Waals surface area contributed by atoms with Crippen LogP contribution in [0.5, 0.6) is 0 Å². The molecule has 1 rings (SSSR count). The second-order valence-electron chi connectivity index (χ2n) is 1.80. The first-order valence-corrected chi connectivity index (χ1v) is 2.51. The van der Waals surface area contributed by atoms with Gasteiger partial charge in [-0.25, -0.2) is 0 Å². The number of aldehydes is 1. The molecule has 0 aromatic heterocycles. The first-order chi connectivity index (χ1) is 4.25. The lowest BCUT2D eigenvalue weighted by molar-refractivity contribution is -0.131. The van der Waals surface area contributed by atoms with Crippen LogP contribution in [-0.4, -0.2) is 24.5 Å². The number of ketones is 1. The Balaban J connectivity index is 2.77. The minimum Gasteiger partial charge on any atom is -0.348 e. The predicted molar refractivity (Wildman–Crippen MR) is 27.6 cm³/mol. The van der Waals surface area contributed by atoms with Gasteiger partial charge in [0.25, 0.3) is 0 Å². The number of hydrogen-bond acceptors (Lipinski definition) is 3. The lowest BCUT2D eigenvalue weighted by Crippen LogP contribution is -2.20. The van der Waals surface area contributed by atoms with Crippen molar-refractivity contribution in [1.82, 2.24) is 5.32 Å². The average molecular weight is 127 g/mol. The van der Waals surface area contributed by atoms with Crippen molar-refractivity contribution in [2.75, 3.05) is 6.54 Å². The van der Waals surface area contributed by atoms with Crippen LogP contribution in [0.1, 0.15) is 0 Å². The summed E-state index contributed by atoms with van der Waals surface area (Å²) in [6.45, 7) is 0.00222. The quantitative estimate of drug-likeness (QED) is 0.344. The fourth-order valence-corrected chi connectivity index (χ4v) is 0.678. The average Bonchev–Trinajstić information content (AvgIpc) is 2.12. The lowest BCUT2D eigenvalue weighted by Gasteiger charge is -1.88. The maximum atomic E-state index is 10.5. The molecule has 1 aliphatic rings. The van der Waals surface area contributed by atoms with Gasteiger partial charge in [0.15, 0.2) is 11.7 Å². The SMILES string of the molecule is O=CC1C(=O)CNC1=O. The molecule has 0 spiro atoms. The van der Waals surface area contributed by atoms with Gasteiger partial charge in [0.05, 0.1) is 6.54 Å². The van der Waals surface area contributed by atoms with Gasteiger partial charge in [0.2, 0.25) is 5.91 Å². The Morgan fingerprint density at radius 1 is 1.56 bits per heavy atom. The zero-order valence-corrected chi connectivity index (χ0v) is 4.59. The predicted octanol–water partition coefficient (Wildman–Crippen LogP) is -1.50. The van der Waals surface area contributed by atoms with Crippen LogP contribution in [0.2, 0.25) is 0 Å². The summed E-state index contributed by atoms with van der Waals surface area (Å²) in [5.74, 6) is -1.85. The molecule has 0 bridgehead atoms. The summed E-state index contributed by atoms with van der Waals surface area (Å²) < 4.78 is 0. The van der Waals surface area contributed by atoms with Crippen LogP contribution in [0.4, 0.5) is 0 Å². The van der Waals surface area contributed by atoms with Gasteiger partial charge in [-0.15, -0.1) is 0 Å². The Kier molecular flexibility index (Phi) is 1.30. The highest BCUT2D eigenvalue weighted by Gasteiger charge is 2.31. The maximum absolute atomic E-state index is 10.5. The Morgan fingerprint density at radius 2 is 2.22 bits per heavy atom. The zero-order valence-electron chi connectivity index (χ0n) is 4.59. The molecular weight excluding hydrogens is 122 g/mol. The molecule has 1 saturated heterocycles. The molecular formula is C5H5NO3. The molecule has 0 aliphatic carbocycles. The summed E-state index contributed by atoms with van der Waals surface area (Å²) in [4.78, 5) is 30.9. The van der Waals surface area contributed by atoms with E-state index in [1.165, 1.54) is 0 Å². The minimum absolute atomic E-state index is 0.00222. The molecule has 4 heteroatoms. The van der Waals surface area contributed by atoms with Gasteiger partial charge in [-0.05, 0) is 0 Å². The lowest BCUT2D eigenvalue weighted by atomic mass is 10.1. The number of carbonyl (C=O) groups excluding carboxylic acids is 3. The number of rotatable bonds is 1. The van der Waals surface area contributed by atoms with E-state index in [4.69, 9.17) is 0 Å². The maximum Gasteiger partial charge on any atom is 0.238 e. The standard InChI is InChI=1S/C5H5NO3/c7-2-3-4(8)1-6-5(3)9/h2-3H,1H2,(H,6,9). The number of Topliss-reactive ketones (excluding diaryl/α,β-unsaturated/α-hetero) is 1. The van der Waals surface area contributed by atoms with Crippen molar-refractivity contribution in [1.29, 1.82) is 0 Å². The third-order valence-corrected chi connectivity index (χ3v) is 1.20. The first kappa shape index (κ1) is 5.94. The number of amides is 1. The third-order valence-electron chi connectivity index (χ3n) is 1.20. The molecule has 0 saturated carbocycles. The van der Waals surface area contributed by atoms with Crippen molar-refractivity contribution in [3.05, 3.63) is 0 Å². The molecule has 1 unspecified atom stereocenters. The summed E-state index contributed by atoms with van der Waals surface area (Å²) in [6, 6.07) is 0. The van der Waals surface area contributed by atoms with Crippen LogP contribution in [0, 0.1) is 5.92 Å². The van der Waals surface area contributed by atoms with E-state index in [-0.39, 0.29) is 12.3 Å². The zero-order chi connectivity index (χ0) is 6.85. The highest BCUT2D eigenvalue weighted by molar-refractivity contribution is 6.17. The summed E-state index contributed by atoms with van der Waals surface area (Å²) >= 11 is 0. The summed E-state index contributed by atoms with van der Waals surface area (Å²) in [6.07, 6.45) is 0.366. The van der Waals surface area contributed by atoms with Gasteiger partial charge in [0, 0.05) is 0 Å². The van der Waals surface area contributed by atoms with Gasteiger partial charge >= 0.3 is 0 Å². The Morgan fingerprint density at radius 3 is 2.44 bits per heavy atom. The van der Waals surface area contributed by atoms with E-state index >= 15 is 0 Å². The molecule has 1 amide bonds. The van der Waals surface area contributed by atoms with Crippen LogP contribution < -0.4 is 5.32 Å². The van der Waals surface area contributed by atoms with Crippen LogP contribution in [0.25, 0.3) is 0 Å². The highest BCUT2D eigenvalue weighted by atomic mass is 16.2. The van der Waals surface area contributed by atoms with E-state index in [1.807, 2.05) is 0 Å². The fraction of sp³-hybridized carbons (Fsp3) is 0.400. The molecule has 1 aliphatic heterocycles. The Labute approximate surface area is 51.2 Å². The molecule has 0 aromatic rings. The van der Waals surface area contributed by atoms with Crippen LogP contribution in [-0.2, 0) is 14.4 Å². The molecule has 1 N–H and O–H groups in total. The number of nitrogens with one attached hydrogen (secondary N) is 1. The molecule has 1 fully saturated rings. The Bertz CT molecular complexity index is 159. The minimum atomic E-state index is -1.04. The van der Waals surface area contributed by atoms with Crippen LogP contribution in [0.3, 0.4) is 0 Å². The normalized spacial score (nSPS) is 26.0. The summed E-state index contributed by atoms with van der Waals surface area (Å²) in [5, 5.41) is 2.25. The van der Waals surface area contributed by atoms with Gasteiger partial charge in [-0.3, -0.25) is 9.59 Å². The monoisotopic (exact) mass is 127 g/mol. The van der Waals surface area contributed by atoms with Crippen molar-refractivity contribution in [3.63, 3.8) is 0 Å². The van der Waals surface area contributed by atoms with Crippen molar-refractivity contribution >= 4 is 18.0 Å². The summed E-state index contributed by atoms with van der Waals surface area (Å²) in [7, 11) is 0. The Hall–Kier alpha value is -1.19. The van der Waals surface area contributed by atoms with Crippen molar-refractivity contribution < 1.29 is 14.4 Å². The van der Waals surface area contributed by atoms with E-state index in [1.54, 1.807) is 0 Å². The number of carbonyl (C=O) groups is 3. The summed E-state index contributed by atoms with van der Waals surface area (Å²) in [5.41, 5.74) is 0. The molecule has 1 heterocycles. The largest absolute Gasteiger partial charge is 0.348 e. The molecule has 4 nitrogen and oxygen atoms in total. The van der Waals surface area contributed by atoms with E-state index in [0.29, 0.717) is 6.29 Å². The van der Waals surface area contributed by atoms with Crippen LogP contribution in [0.15, 0.2) is 0 Å². The first-order valence-electron chi connectivity index (χ1n) is 2.51. The van der Waals surface area contributed by atoms with Crippen molar-refractivity contribution in [3.8, 4) is 0 Å². The van der Waals surface area contributed by atoms with Gasteiger partial charge in [0.1, 0.15) is 6.29 Å². The molecule has 0 radical (unpaired) electrons. The fourth-order valence-electron chi connectivity index (χ4n) is 0.678. The van der Waals surface area contributed by atoms with Crippen molar-refractivity contribution in [2.45, 2.75) is 0 Å². The van der Waals surface area contributed by atoms with E-state index in [2.05, 4.69) is 5.32 Å². The van der Waals surface area contributed by atoms with Crippen LogP contribution >= 0.6 is 0 Å². The van der Waals surface area contributed by atoms with Gasteiger partial charge in [-0.2, -0.15) is 0 Å². The van der Waals surface area contributed by atoms with Gasteiger partial charge < -0.3 is 10.1 Å². The molecule has 9 heavy (non-hydrogen) atoms. The van der Waals surface area contributed by atoms with E-state index < -0.39 is 11.8 Å². The van der Waals surface area contributed by atoms with Crippen molar-refractivity contribution in [2.24, 2.45) is 5.92 Å². The third kappa shape index (κ3) is 0.826. The number of hydrogen-bond donors (Lipinski definition) is 1. The topological polar surface area (TPSA) is 63.2 Å². The molecule has 0 aromatic carbocycles. The smallest absolute Gasteiger partial charge is 0.238 e. The van der Waals surface area contributed by atoms with Gasteiger partial charge in [-0.1, -0.05) is 0 Å². The molecule has 48 valence electrons. The second kappa shape index (κ2) is 1.97. The van der Waals surface area contributed by atoms with E-state index in [9.17, 15) is 14.4 Å². The van der Waals surface area contributed by atoms with E-state index in [0.717, 1.165) is 0 Å². The molecule has 1 atom stereocenters. The second-order valence-corrected chi connectivity index (χ2v) is 1.80.